The van der Waals surface area contributed by atoms with Crippen molar-refractivity contribution >= 4 is 10.9 Å². The number of halogens is 1. The second kappa shape index (κ2) is 7.78. The summed E-state index contributed by atoms with van der Waals surface area (Å²) in [6.45, 7) is 0.345. The van der Waals surface area contributed by atoms with Crippen molar-refractivity contribution in [2.75, 3.05) is 13.2 Å². The number of aromatic nitrogens is 1. The van der Waals surface area contributed by atoms with Crippen LogP contribution in [-0.2, 0) is 15.9 Å². The van der Waals surface area contributed by atoms with Crippen molar-refractivity contribution < 1.29 is 23.7 Å². The van der Waals surface area contributed by atoms with E-state index in [4.69, 9.17) is 14.2 Å². The number of ether oxygens (including phenoxy) is 3. The van der Waals surface area contributed by atoms with E-state index in [9.17, 15) is 19.6 Å². The number of pyridine rings is 1. The number of aliphatic hydroxyl groups is 1. The molecule has 2 aromatic carbocycles. The van der Waals surface area contributed by atoms with E-state index in [1.165, 1.54) is 12.1 Å². The molecule has 31 heavy (non-hydrogen) atoms. The van der Waals surface area contributed by atoms with Gasteiger partial charge in [-0.05, 0) is 41.8 Å². The Hall–Kier alpha value is -3.25. The highest BCUT2D eigenvalue weighted by atomic mass is 19.1. The molecule has 0 spiro atoms. The molecule has 0 bridgehead atoms. The second-order valence-electron chi connectivity index (χ2n) is 7.77. The van der Waals surface area contributed by atoms with E-state index in [2.05, 4.69) is 4.98 Å². The number of fused-ring (bicyclic) bond motifs is 2. The SMILES string of the molecule is N#Cc1c(O[C@H]2CO[C@H]3[C@@H]2OC[C@@H]3O)c2ccc(Cc3ccc(F)cc3)cc2[nH]c1=O. The zero-order chi connectivity index (χ0) is 21.5. The first kappa shape index (κ1) is 19.7. The van der Waals surface area contributed by atoms with Crippen molar-refractivity contribution in [3.8, 4) is 11.8 Å². The van der Waals surface area contributed by atoms with Crippen LogP contribution in [0, 0.1) is 17.1 Å². The quantitative estimate of drug-likeness (QED) is 0.667. The molecule has 158 valence electrons. The number of H-pyrrole nitrogens is 1. The van der Waals surface area contributed by atoms with Crippen molar-refractivity contribution in [2.45, 2.75) is 30.8 Å². The molecule has 3 heterocycles. The zero-order valence-corrected chi connectivity index (χ0v) is 16.4. The molecular formula is C23H19FN2O5. The first-order chi connectivity index (χ1) is 15.0. The van der Waals surface area contributed by atoms with Gasteiger partial charge >= 0.3 is 0 Å². The predicted octanol–water partition coefficient (Wildman–Crippen LogP) is 2.04. The van der Waals surface area contributed by atoms with Crippen LogP contribution < -0.4 is 10.3 Å². The summed E-state index contributed by atoms with van der Waals surface area (Å²) >= 11 is 0. The molecule has 7 nitrogen and oxygen atoms in total. The lowest BCUT2D eigenvalue weighted by Crippen LogP contribution is -2.35. The third kappa shape index (κ3) is 3.57. The Balaban J connectivity index is 1.50. The van der Waals surface area contributed by atoms with Crippen LogP contribution >= 0.6 is 0 Å². The topological polar surface area (TPSA) is 105 Å². The molecule has 2 aliphatic rings. The molecule has 0 radical (unpaired) electrons. The highest BCUT2D eigenvalue weighted by molar-refractivity contribution is 5.87. The van der Waals surface area contributed by atoms with E-state index in [1.807, 2.05) is 18.2 Å². The Morgan fingerprint density at radius 1 is 1.13 bits per heavy atom. The maximum absolute atomic E-state index is 13.2. The molecule has 0 saturated carbocycles. The molecule has 8 heteroatoms. The lowest BCUT2D eigenvalue weighted by molar-refractivity contribution is 0.00882. The average molecular weight is 422 g/mol. The minimum absolute atomic E-state index is 0.124. The van der Waals surface area contributed by atoms with Crippen LogP contribution in [0.1, 0.15) is 16.7 Å². The maximum atomic E-state index is 13.2. The van der Waals surface area contributed by atoms with Crippen molar-refractivity contribution in [2.24, 2.45) is 0 Å². The number of nitrogens with one attached hydrogen (secondary N) is 1. The maximum Gasteiger partial charge on any atom is 0.270 e. The predicted molar refractivity (Wildman–Crippen MR) is 108 cm³/mol. The van der Waals surface area contributed by atoms with E-state index in [0.717, 1.165) is 11.1 Å². The third-order valence-corrected chi connectivity index (χ3v) is 5.72. The third-order valence-electron chi connectivity index (χ3n) is 5.72. The van der Waals surface area contributed by atoms with Gasteiger partial charge in [0.25, 0.3) is 5.56 Å². The molecule has 0 aliphatic carbocycles. The fourth-order valence-electron chi connectivity index (χ4n) is 4.18. The summed E-state index contributed by atoms with van der Waals surface area (Å²) in [6.07, 6.45) is -1.66. The minimum atomic E-state index is -0.723. The van der Waals surface area contributed by atoms with Crippen LogP contribution in [0.3, 0.4) is 0 Å². The molecule has 2 fully saturated rings. The molecule has 1 aromatic heterocycles. The van der Waals surface area contributed by atoms with Crippen molar-refractivity contribution in [1.82, 2.24) is 4.98 Å². The van der Waals surface area contributed by atoms with Crippen LogP contribution in [0.5, 0.6) is 5.75 Å². The summed E-state index contributed by atoms with van der Waals surface area (Å²) in [5.74, 6) is -0.122. The Morgan fingerprint density at radius 2 is 1.87 bits per heavy atom. The van der Waals surface area contributed by atoms with Crippen LogP contribution in [-0.4, -0.2) is 47.7 Å². The first-order valence-electron chi connectivity index (χ1n) is 9.95. The highest BCUT2D eigenvalue weighted by Gasteiger charge is 2.48. The van der Waals surface area contributed by atoms with Gasteiger partial charge in [0.15, 0.2) is 17.4 Å². The summed E-state index contributed by atoms with van der Waals surface area (Å²) in [5.41, 5.74) is 1.70. The fraction of sp³-hybridized carbons (Fsp3) is 0.304. The van der Waals surface area contributed by atoms with E-state index in [1.54, 1.807) is 18.2 Å². The first-order valence-corrected chi connectivity index (χ1v) is 9.95. The molecule has 2 aliphatic heterocycles. The summed E-state index contributed by atoms with van der Waals surface area (Å²) in [5, 5.41) is 20.1. The van der Waals surface area contributed by atoms with Crippen LogP contribution in [0.25, 0.3) is 10.9 Å². The molecule has 2 saturated heterocycles. The number of rotatable bonds is 4. The lowest BCUT2D eigenvalue weighted by atomic mass is 10.0. The van der Waals surface area contributed by atoms with Gasteiger partial charge in [-0.3, -0.25) is 4.79 Å². The Labute approximate surface area is 176 Å². The summed E-state index contributed by atoms with van der Waals surface area (Å²) in [4.78, 5) is 15.3. The smallest absolute Gasteiger partial charge is 0.270 e. The number of hydrogen-bond donors (Lipinski definition) is 2. The van der Waals surface area contributed by atoms with Crippen LogP contribution in [0.15, 0.2) is 47.3 Å². The zero-order valence-electron chi connectivity index (χ0n) is 16.4. The van der Waals surface area contributed by atoms with Gasteiger partial charge in [-0.15, -0.1) is 0 Å². The largest absolute Gasteiger partial charge is 0.483 e. The molecule has 3 aromatic rings. The Morgan fingerprint density at radius 3 is 2.65 bits per heavy atom. The Bertz CT molecular complexity index is 1230. The molecule has 0 unspecified atom stereocenters. The monoisotopic (exact) mass is 422 g/mol. The van der Waals surface area contributed by atoms with Gasteiger partial charge in [0, 0.05) is 5.39 Å². The van der Waals surface area contributed by atoms with E-state index in [0.29, 0.717) is 17.3 Å². The summed E-state index contributed by atoms with van der Waals surface area (Å²) < 4.78 is 30.4. The average Bonchev–Trinajstić information content (AvgIpc) is 3.33. The van der Waals surface area contributed by atoms with E-state index >= 15 is 0 Å². The number of nitrogens with zero attached hydrogens (tertiary/aromatic N) is 1. The van der Waals surface area contributed by atoms with E-state index in [-0.39, 0.29) is 30.3 Å². The molecule has 5 rings (SSSR count). The number of hydrogen-bond acceptors (Lipinski definition) is 6. The van der Waals surface area contributed by atoms with Crippen molar-refractivity contribution in [1.29, 1.82) is 5.26 Å². The number of aliphatic hydroxyl groups excluding tert-OH is 1. The number of aromatic amines is 1. The van der Waals surface area contributed by atoms with Crippen LogP contribution in [0.2, 0.25) is 0 Å². The highest BCUT2D eigenvalue weighted by Crippen LogP contribution is 2.34. The van der Waals surface area contributed by atoms with Crippen molar-refractivity contribution in [3.63, 3.8) is 0 Å². The normalized spacial score (nSPS) is 24.8. The second-order valence-corrected chi connectivity index (χ2v) is 7.77. The van der Waals surface area contributed by atoms with Crippen molar-refractivity contribution in [3.05, 3.63) is 75.3 Å². The number of benzene rings is 2. The van der Waals surface area contributed by atoms with Gasteiger partial charge in [0.1, 0.15) is 30.2 Å². The molecular weight excluding hydrogens is 403 g/mol. The minimum Gasteiger partial charge on any atom is -0.483 e. The van der Waals surface area contributed by atoms with Gasteiger partial charge in [-0.2, -0.15) is 5.26 Å². The molecule has 4 atom stereocenters. The van der Waals surface area contributed by atoms with Gasteiger partial charge in [-0.25, -0.2) is 4.39 Å². The standard InChI is InChI=1S/C23H19FN2O5/c24-14-4-1-12(2-5-14)7-13-3-6-15-17(8-13)26-23(28)16(9-25)20(15)31-19-11-30-21-18(27)10-29-22(19)21/h1-6,8,18-19,21-22,27H,7,10-11H2,(H,26,28)/t18-,19-,21+,22+/m0/s1. The van der Waals surface area contributed by atoms with E-state index < -0.39 is 30.0 Å². The summed E-state index contributed by atoms with van der Waals surface area (Å²) in [7, 11) is 0. The lowest BCUT2D eigenvalue weighted by Gasteiger charge is -2.20. The number of nitriles is 1. The van der Waals surface area contributed by atoms with Gasteiger partial charge in [-0.1, -0.05) is 18.2 Å². The molecule has 0 amide bonds. The summed E-state index contributed by atoms with van der Waals surface area (Å²) in [6, 6.07) is 13.6. The van der Waals surface area contributed by atoms with Gasteiger partial charge < -0.3 is 24.3 Å². The van der Waals surface area contributed by atoms with Crippen LogP contribution in [0.4, 0.5) is 4.39 Å². The van der Waals surface area contributed by atoms with Gasteiger partial charge in [0.2, 0.25) is 0 Å². The molecule has 2 N–H and O–H groups in total. The van der Waals surface area contributed by atoms with Gasteiger partial charge in [0.05, 0.1) is 18.7 Å². The Kier molecular flexibility index (Phi) is 4.94. The fourth-order valence-corrected chi connectivity index (χ4v) is 4.18.